The van der Waals surface area contributed by atoms with Gasteiger partial charge in [0.15, 0.2) is 5.82 Å². The van der Waals surface area contributed by atoms with E-state index in [0.29, 0.717) is 35.8 Å². The summed E-state index contributed by atoms with van der Waals surface area (Å²) in [6, 6.07) is 8.51. The lowest BCUT2D eigenvalue weighted by atomic mass is 10.1. The molecule has 1 aromatic heterocycles. The van der Waals surface area contributed by atoms with Gasteiger partial charge in [-0.3, -0.25) is 4.79 Å². The Bertz CT molecular complexity index is 1370. The van der Waals surface area contributed by atoms with Crippen molar-refractivity contribution in [1.82, 2.24) is 9.97 Å². The molecule has 4 N–H and O–H groups in total. The van der Waals surface area contributed by atoms with Gasteiger partial charge in [0, 0.05) is 18.3 Å². The minimum Gasteiger partial charge on any atom is -0.497 e. The highest BCUT2D eigenvalue weighted by Gasteiger charge is 2.35. The van der Waals surface area contributed by atoms with Crippen molar-refractivity contribution in [3.63, 3.8) is 0 Å². The van der Waals surface area contributed by atoms with Crippen LogP contribution in [-0.4, -0.2) is 47.3 Å². The molecule has 0 unspecified atom stereocenters. The van der Waals surface area contributed by atoms with Gasteiger partial charge in [-0.1, -0.05) is 18.2 Å². The maximum absolute atomic E-state index is 14.0. The molecule has 0 saturated carbocycles. The molecule has 0 bridgehead atoms. The fraction of sp³-hybridized carbons (Fsp3) is 0.269. The summed E-state index contributed by atoms with van der Waals surface area (Å²) in [5.41, 5.74) is -0.0512. The number of hydrogen-bond donors (Lipinski definition) is 4. The normalized spacial score (nSPS) is 15.1. The molecule has 39 heavy (non-hydrogen) atoms. The summed E-state index contributed by atoms with van der Waals surface area (Å²) < 4.78 is 47.3. The van der Waals surface area contributed by atoms with Crippen LogP contribution in [0.4, 0.5) is 47.7 Å². The third-order valence-corrected chi connectivity index (χ3v) is 6.42. The van der Waals surface area contributed by atoms with E-state index in [1.807, 2.05) is 0 Å². The SMILES string of the molecule is C=CC(=O)Nc1cc(OC)ccc1Nc1nc(Nc2ccc(N3CCC[C@H]3CO)cc2C(F)(F)F)ncc1Cl. The van der Waals surface area contributed by atoms with Crippen LogP contribution >= 0.6 is 11.6 Å². The van der Waals surface area contributed by atoms with Crippen LogP contribution < -0.4 is 25.6 Å². The van der Waals surface area contributed by atoms with Crippen LogP contribution in [0, 0.1) is 0 Å². The first-order valence-corrected chi connectivity index (χ1v) is 12.3. The lowest BCUT2D eigenvalue weighted by molar-refractivity contribution is -0.136. The van der Waals surface area contributed by atoms with Gasteiger partial charge in [0.25, 0.3) is 0 Å². The highest BCUT2D eigenvalue weighted by Crippen LogP contribution is 2.40. The number of amides is 1. The summed E-state index contributed by atoms with van der Waals surface area (Å²) in [7, 11) is 1.47. The summed E-state index contributed by atoms with van der Waals surface area (Å²) in [5, 5.41) is 17.9. The van der Waals surface area contributed by atoms with Crippen molar-refractivity contribution in [2.75, 3.05) is 41.1 Å². The van der Waals surface area contributed by atoms with E-state index in [2.05, 4.69) is 32.5 Å². The van der Waals surface area contributed by atoms with E-state index >= 15 is 0 Å². The third kappa shape index (κ3) is 6.52. The molecule has 4 rings (SSSR count). The first-order valence-electron chi connectivity index (χ1n) is 11.9. The fourth-order valence-corrected chi connectivity index (χ4v) is 4.37. The average Bonchev–Trinajstić information content (AvgIpc) is 3.40. The van der Waals surface area contributed by atoms with Gasteiger partial charge in [0.2, 0.25) is 11.9 Å². The van der Waals surface area contributed by atoms with Crippen LogP contribution in [0.1, 0.15) is 18.4 Å². The van der Waals surface area contributed by atoms with Crippen molar-refractivity contribution in [3.8, 4) is 5.75 Å². The van der Waals surface area contributed by atoms with E-state index in [1.54, 1.807) is 29.2 Å². The van der Waals surface area contributed by atoms with Crippen molar-refractivity contribution in [2.45, 2.75) is 25.1 Å². The largest absolute Gasteiger partial charge is 0.497 e. The minimum absolute atomic E-state index is 0.0847. The predicted molar refractivity (Wildman–Crippen MR) is 144 cm³/mol. The number of carbonyl (C=O) groups excluding carboxylic acids is 1. The van der Waals surface area contributed by atoms with E-state index in [4.69, 9.17) is 16.3 Å². The molecule has 0 spiro atoms. The summed E-state index contributed by atoms with van der Waals surface area (Å²) in [6.07, 6.45) is -0.836. The number of halogens is 4. The van der Waals surface area contributed by atoms with Crippen LogP contribution in [0.2, 0.25) is 5.02 Å². The first kappa shape index (κ1) is 28.0. The quantitative estimate of drug-likeness (QED) is 0.245. The number of aliphatic hydroxyl groups is 1. The summed E-state index contributed by atoms with van der Waals surface area (Å²) in [6.45, 7) is 3.86. The lowest BCUT2D eigenvalue weighted by Gasteiger charge is -2.27. The molecule has 2 heterocycles. The average molecular weight is 563 g/mol. The fourth-order valence-electron chi connectivity index (χ4n) is 4.23. The van der Waals surface area contributed by atoms with Crippen LogP contribution in [0.25, 0.3) is 0 Å². The molecule has 1 aliphatic heterocycles. The molecule has 3 aromatic rings. The highest BCUT2D eigenvalue weighted by atomic mass is 35.5. The van der Waals surface area contributed by atoms with Gasteiger partial charge in [0.1, 0.15) is 10.8 Å². The van der Waals surface area contributed by atoms with Gasteiger partial charge in [-0.2, -0.15) is 18.2 Å². The Morgan fingerprint density at radius 3 is 2.69 bits per heavy atom. The van der Waals surface area contributed by atoms with E-state index in [1.165, 1.54) is 19.4 Å². The Balaban J connectivity index is 1.64. The number of benzene rings is 2. The maximum Gasteiger partial charge on any atom is 0.418 e. The Hall–Kier alpha value is -4.03. The molecule has 1 fully saturated rings. The summed E-state index contributed by atoms with van der Waals surface area (Å²) >= 11 is 6.27. The third-order valence-electron chi connectivity index (χ3n) is 6.14. The molecule has 1 amide bonds. The van der Waals surface area contributed by atoms with Gasteiger partial charge in [-0.15, -0.1) is 0 Å². The zero-order valence-electron chi connectivity index (χ0n) is 20.8. The van der Waals surface area contributed by atoms with Crippen LogP contribution in [0.15, 0.2) is 55.3 Å². The van der Waals surface area contributed by atoms with Crippen molar-refractivity contribution in [3.05, 3.63) is 65.8 Å². The number of methoxy groups -OCH3 is 1. The first-order chi connectivity index (χ1) is 18.6. The zero-order chi connectivity index (χ0) is 28.2. The van der Waals surface area contributed by atoms with Crippen molar-refractivity contribution in [1.29, 1.82) is 0 Å². The molecule has 0 aliphatic carbocycles. The number of alkyl halides is 3. The Labute approximate surface area is 227 Å². The summed E-state index contributed by atoms with van der Waals surface area (Å²) in [5.74, 6) is -0.0514. The van der Waals surface area contributed by atoms with Crippen LogP contribution in [0.5, 0.6) is 5.75 Å². The second-order valence-corrected chi connectivity index (χ2v) is 9.05. The predicted octanol–water partition coefficient (Wildman–Crippen LogP) is 5.73. The topological polar surface area (TPSA) is 112 Å². The molecule has 13 heteroatoms. The number of carbonyl (C=O) groups is 1. The number of hydrogen-bond acceptors (Lipinski definition) is 8. The van der Waals surface area contributed by atoms with Gasteiger partial charge in [0.05, 0.1) is 48.6 Å². The monoisotopic (exact) mass is 562 g/mol. The van der Waals surface area contributed by atoms with E-state index < -0.39 is 17.6 Å². The molecule has 2 aromatic carbocycles. The molecule has 0 radical (unpaired) electrons. The Morgan fingerprint density at radius 1 is 1.23 bits per heavy atom. The number of ether oxygens (including phenoxy) is 1. The minimum atomic E-state index is -4.67. The highest BCUT2D eigenvalue weighted by molar-refractivity contribution is 6.33. The zero-order valence-corrected chi connectivity index (χ0v) is 21.6. The van der Waals surface area contributed by atoms with Gasteiger partial charge >= 0.3 is 6.18 Å². The van der Waals surface area contributed by atoms with Crippen molar-refractivity contribution < 1.29 is 27.8 Å². The number of nitrogens with one attached hydrogen (secondary N) is 3. The molecule has 1 atom stereocenters. The second kappa shape index (κ2) is 11.8. The summed E-state index contributed by atoms with van der Waals surface area (Å²) in [4.78, 5) is 22.0. The van der Waals surface area contributed by atoms with E-state index in [-0.39, 0.29) is 35.1 Å². The Kier molecular flexibility index (Phi) is 8.46. The molecular formula is C26H26ClF3N6O3. The van der Waals surface area contributed by atoms with Crippen molar-refractivity contribution in [2.24, 2.45) is 0 Å². The molecule has 1 saturated heterocycles. The van der Waals surface area contributed by atoms with Gasteiger partial charge in [-0.25, -0.2) is 4.98 Å². The smallest absolute Gasteiger partial charge is 0.418 e. The molecule has 206 valence electrons. The Morgan fingerprint density at radius 2 is 2.00 bits per heavy atom. The maximum atomic E-state index is 14.0. The number of nitrogens with zero attached hydrogens (tertiary/aromatic N) is 3. The number of aromatic nitrogens is 2. The standard InChI is InChI=1S/C26H26ClF3N6O3/c1-3-23(38)32-22-12-17(39-2)7-9-21(22)33-24-19(27)13-31-25(35-24)34-20-8-6-15(11-18(20)26(28,29)30)36-10-4-5-16(36)14-37/h3,6-9,11-13,16,37H,1,4-5,10,14H2,2H3,(H,32,38)(H2,31,33,34,35)/t16-/m0/s1. The lowest BCUT2D eigenvalue weighted by Crippen LogP contribution is -2.32. The number of aliphatic hydroxyl groups excluding tert-OH is 1. The number of anilines is 6. The van der Waals surface area contributed by atoms with E-state index in [9.17, 15) is 23.1 Å². The second-order valence-electron chi connectivity index (χ2n) is 8.64. The van der Waals surface area contributed by atoms with Gasteiger partial charge < -0.3 is 30.7 Å². The molecule has 1 aliphatic rings. The number of rotatable bonds is 9. The van der Waals surface area contributed by atoms with Gasteiger partial charge in [-0.05, 0) is 49.2 Å². The van der Waals surface area contributed by atoms with E-state index in [0.717, 1.165) is 18.6 Å². The molecular weight excluding hydrogens is 537 g/mol. The van der Waals surface area contributed by atoms with Crippen LogP contribution in [-0.2, 0) is 11.0 Å². The van der Waals surface area contributed by atoms with Crippen LogP contribution in [0.3, 0.4) is 0 Å². The van der Waals surface area contributed by atoms with Crippen molar-refractivity contribution >= 4 is 52.0 Å². The molecule has 9 nitrogen and oxygen atoms in total.